The normalized spacial score (nSPS) is 29.7. The lowest BCUT2D eigenvalue weighted by Crippen LogP contribution is -2.54. The summed E-state index contributed by atoms with van der Waals surface area (Å²) in [4.78, 5) is 0. The van der Waals surface area contributed by atoms with E-state index in [1.807, 2.05) is 30.5 Å². The number of ether oxygens (including phenoxy) is 1. The minimum absolute atomic E-state index is 0.174. The number of aromatic nitrogens is 4. The summed E-state index contributed by atoms with van der Waals surface area (Å²) < 4.78 is 38.0. The summed E-state index contributed by atoms with van der Waals surface area (Å²) in [7, 11) is -3.85. The Morgan fingerprint density at radius 1 is 1.00 bits per heavy atom. The first-order valence-electron chi connectivity index (χ1n) is 13.1. The van der Waals surface area contributed by atoms with Gasteiger partial charge in [-0.15, -0.1) is 0 Å². The molecule has 2 aromatic carbocycles. The molecule has 0 radical (unpaired) electrons. The van der Waals surface area contributed by atoms with Crippen molar-refractivity contribution >= 4 is 43.5 Å². The van der Waals surface area contributed by atoms with E-state index in [2.05, 4.69) is 26.5 Å². The van der Waals surface area contributed by atoms with Crippen LogP contribution in [0.2, 0.25) is 0 Å². The number of hydrogen-bond donors (Lipinski definition) is 3. The molecule has 192 valence electrons. The lowest BCUT2D eigenvalue weighted by atomic mass is 9.67. The van der Waals surface area contributed by atoms with Gasteiger partial charge in [-0.1, -0.05) is 6.07 Å². The fourth-order valence-electron chi connectivity index (χ4n) is 7.86. The maximum atomic E-state index is 14.6. The van der Waals surface area contributed by atoms with Gasteiger partial charge in [0.25, 0.3) is 0 Å². The van der Waals surface area contributed by atoms with E-state index in [0.29, 0.717) is 44.0 Å². The van der Waals surface area contributed by atoms with E-state index in [0.717, 1.165) is 51.5 Å². The summed E-state index contributed by atoms with van der Waals surface area (Å²) in [5.74, 6) is 1.91. The summed E-state index contributed by atoms with van der Waals surface area (Å²) in [6.45, 7) is 1.50. The van der Waals surface area contributed by atoms with Gasteiger partial charge in [0.2, 0.25) is 0 Å². The summed E-state index contributed by atoms with van der Waals surface area (Å²) in [5.41, 5.74) is 10.9. The summed E-state index contributed by atoms with van der Waals surface area (Å²) in [5, 5.41) is 16.5. The number of benzene rings is 2. The highest BCUT2D eigenvalue weighted by Gasteiger charge is 2.58. The minimum Gasteiger partial charge on any atom is -0.382 e. The second-order valence-corrected chi connectivity index (χ2v) is 12.7. The van der Waals surface area contributed by atoms with E-state index in [-0.39, 0.29) is 17.9 Å². The van der Waals surface area contributed by atoms with Crippen molar-refractivity contribution < 1.29 is 13.2 Å². The number of morpholine rings is 1. The number of anilines is 2. The summed E-state index contributed by atoms with van der Waals surface area (Å²) in [6.07, 6.45) is 5.34. The number of aromatic amines is 2. The molecule has 2 aliphatic carbocycles. The molecule has 4 heterocycles. The first kappa shape index (κ1) is 21.9. The van der Waals surface area contributed by atoms with Crippen molar-refractivity contribution in [3.8, 4) is 0 Å². The number of nitrogens with zero attached hydrogens (tertiary/aromatic N) is 4. The number of H-pyrrole nitrogens is 2. The van der Waals surface area contributed by atoms with Crippen molar-refractivity contribution in [2.24, 2.45) is 17.8 Å². The maximum Gasteiger partial charge on any atom is 0.304 e. The van der Waals surface area contributed by atoms with Gasteiger partial charge in [-0.2, -0.15) is 22.9 Å². The molecule has 4 aliphatic rings. The Labute approximate surface area is 214 Å². The smallest absolute Gasteiger partial charge is 0.304 e. The van der Waals surface area contributed by atoms with Crippen LogP contribution in [-0.2, 0) is 14.9 Å². The molecule has 2 bridgehead atoms. The zero-order valence-electron chi connectivity index (χ0n) is 20.3. The van der Waals surface area contributed by atoms with Crippen LogP contribution in [0.4, 0.5) is 11.5 Å². The van der Waals surface area contributed by atoms with Gasteiger partial charge in [-0.05, 0) is 78.3 Å². The van der Waals surface area contributed by atoms with E-state index in [4.69, 9.17) is 10.5 Å². The third kappa shape index (κ3) is 2.96. The molecule has 8 rings (SSSR count). The average molecular weight is 520 g/mol. The van der Waals surface area contributed by atoms with Gasteiger partial charge in [0.1, 0.15) is 0 Å². The molecular formula is C26H29N7O3S. The summed E-state index contributed by atoms with van der Waals surface area (Å²) >= 11 is 0. The van der Waals surface area contributed by atoms with Crippen molar-refractivity contribution in [2.45, 2.75) is 31.2 Å². The fraction of sp³-hybridized carbons (Fsp3) is 0.462. The fourth-order valence-corrected chi connectivity index (χ4v) is 9.67. The monoisotopic (exact) mass is 519 g/mol. The minimum atomic E-state index is -3.85. The predicted molar refractivity (Wildman–Crippen MR) is 140 cm³/mol. The Kier molecular flexibility index (Phi) is 4.55. The Hall–Kier alpha value is -3.15. The molecule has 2 saturated carbocycles. The molecule has 0 amide bonds. The van der Waals surface area contributed by atoms with Gasteiger partial charge in [-0.3, -0.25) is 10.2 Å². The van der Waals surface area contributed by atoms with E-state index < -0.39 is 10.2 Å². The number of rotatable bonds is 3. The first-order valence-corrected chi connectivity index (χ1v) is 14.5. The molecule has 4 aromatic rings. The van der Waals surface area contributed by atoms with Crippen LogP contribution in [-0.4, -0.2) is 59.4 Å². The average Bonchev–Trinajstić information content (AvgIpc) is 3.72. The van der Waals surface area contributed by atoms with E-state index >= 15 is 0 Å². The lowest BCUT2D eigenvalue weighted by Gasteiger charge is -2.50. The molecular weight excluding hydrogens is 490 g/mol. The van der Waals surface area contributed by atoms with Gasteiger partial charge in [-0.25, -0.2) is 4.31 Å². The molecule has 11 heteroatoms. The molecule has 2 aliphatic heterocycles. The molecule has 0 spiro atoms. The van der Waals surface area contributed by atoms with Crippen molar-refractivity contribution in [2.75, 3.05) is 36.3 Å². The lowest BCUT2D eigenvalue weighted by molar-refractivity contribution is 0.0725. The van der Waals surface area contributed by atoms with E-state index in [1.165, 1.54) is 6.42 Å². The van der Waals surface area contributed by atoms with Gasteiger partial charge in [0.05, 0.1) is 42.2 Å². The van der Waals surface area contributed by atoms with Crippen LogP contribution < -0.4 is 10.0 Å². The Morgan fingerprint density at radius 2 is 1.78 bits per heavy atom. The number of fused-ring (bicyclic) bond motifs is 10. The SMILES string of the molecule is Nc1n[nH]c2ccc([C@H]3[C@@H]4C5CCC(C5)[C@@H]4c4c(ccc5[nH]ncc45)N3S(=O)(=O)N3CCOCC3)cc12. The maximum absolute atomic E-state index is 14.6. The zero-order chi connectivity index (χ0) is 24.9. The van der Waals surface area contributed by atoms with Crippen LogP contribution in [0.15, 0.2) is 36.5 Å². The van der Waals surface area contributed by atoms with Crippen LogP contribution >= 0.6 is 0 Å². The van der Waals surface area contributed by atoms with E-state index in [9.17, 15) is 8.42 Å². The van der Waals surface area contributed by atoms with Crippen LogP contribution in [0.3, 0.4) is 0 Å². The number of nitrogens with one attached hydrogen (secondary N) is 2. The molecule has 2 unspecified atom stereocenters. The Bertz CT molecular complexity index is 1640. The molecule has 5 atom stereocenters. The standard InChI is InChI=1S/C26H29N7O3S/c27-26-17-12-16(3-4-19(17)30-31-26)25-23-15-2-1-14(11-15)22(23)24-18-13-28-29-20(18)5-6-21(24)33(25)37(34,35)32-7-9-36-10-8-32/h3-6,12-15,22-23,25H,1-2,7-11H2,(H,28,29)(H3,27,30,31)/t14?,15?,22-,23+,25-/m0/s1. The first-order chi connectivity index (χ1) is 18.0. The van der Waals surface area contributed by atoms with Crippen LogP contribution in [0.1, 0.15) is 42.3 Å². The number of nitrogens with two attached hydrogens (primary N) is 1. The van der Waals surface area contributed by atoms with Crippen molar-refractivity contribution in [1.29, 1.82) is 0 Å². The van der Waals surface area contributed by atoms with Crippen LogP contribution in [0, 0.1) is 17.8 Å². The van der Waals surface area contributed by atoms with Crippen molar-refractivity contribution in [1.82, 2.24) is 24.7 Å². The quantitative estimate of drug-likeness (QED) is 0.380. The molecule has 10 nitrogen and oxygen atoms in total. The molecule has 3 fully saturated rings. The third-order valence-corrected chi connectivity index (χ3v) is 11.3. The van der Waals surface area contributed by atoms with Gasteiger partial charge < -0.3 is 10.5 Å². The third-order valence-electron chi connectivity index (χ3n) is 9.31. The predicted octanol–water partition coefficient (Wildman–Crippen LogP) is 3.29. The Morgan fingerprint density at radius 3 is 2.65 bits per heavy atom. The largest absolute Gasteiger partial charge is 0.382 e. The molecule has 2 aromatic heterocycles. The van der Waals surface area contributed by atoms with E-state index in [1.54, 1.807) is 8.61 Å². The molecule has 4 N–H and O–H groups in total. The second kappa shape index (κ2) is 7.68. The van der Waals surface area contributed by atoms with Gasteiger partial charge >= 0.3 is 10.2 Å². The number of nitrogen functional groups attached to an aromatic ring is 1. The van der Waals surface area contributed by atoms with Gasteiger partial charge in [0.15, 0.2) is 5.82 Å². The zero-order valence-corrected chi connectivity index (χ0v) is 21.1. The number of hydrogen-bond acceptors (Lipinski definition) is 6. The van der Waals surface area contributed by atoms with Crippen LogP contribution in [0.25, 0.3) is 21.8 Å². The van der Waals surface area contributed by atoms with Crippen LogP contribution in [0.5, 0.6) is 0 Å². The topological polar surface area (TPSA) is 133 Å². The van der Waals surface area contributed by atoms with Gasteiger partial charge in [0, 0.05) is 23.9 Å². The molecule has 37 heavy (non-hydrogen) atoms. The highest BCUT2D eigenvalue weighted by Crippen LogP contribution is 2.66. The van der Waals surface area contributed by atoms with Crippen molar-refractivity contribution in [3.05, 3.63) is 47.7 Å². The second-order valence-electron chi connectivity index (χ2n) is 10.9. The highest BCUT2D eigenvalue weighted by molar-refractivity contribution is 7.90. The summed E-state index contributed by atoms with van der Waals surface area (Å²) in [6, 6.07) is 9.69. The van der Waals surface area contributed by atoms with Crippen molar-refractivity contribution in [3.63, 3.8) is 0 Å². The Balaban J connectivity index is 1.41. The molecule has 1 saturated heterocycles. The highest BCUT2D eigenvalue weighted by atomic mass is 32.2.